The lowest BCUT2D eigenvalue weighted by Crippen LogP contribution is -2.00. The predicted octanol–water partition coefficient (Wildman–Crippen LogP) is 15.1. The zero-order chi connectivity index (χ0) is 44.5. The molecule has 9 aromatic carbocycles. The fraction of sp³-hybridized carbons (Fsp3) is 0. The number of para-hydroxylation sites is 2. The van der Waals surface area contributed by atoms with Crippen molar-refractivity contribution in [3.8, 4) is 96.0 Å². The number of benzene rings is 9. The van der Waals surface area contributed by atoms with Gasteiger partial charge >= 0.3 is 0 Å². The van der Waals surface area contributed by atoms with E-state index in [9.17, 15) is 0 Å². The van der Waals surface area contributed by atoms with Crippen LogP contribution in [0.1, 0.15) is 0 Å². The van der Waals surface area contributed by atoms with Crippen LogP contribution in [0.3, 0.4) is 0 Å². The van der Waals surface area contributed by atoms with E-state index in [1.807, 2.05) is 54.6 Å². The molecule has 0 bridgehead atoms. The molecule has 0 fully saturated rings. The van der Waals surface area contributed by atoms with Gasteiger partial charge in [-0.1, -0.05) is 206 Å². The van der Waals surface area contributed by atoms with E-state index in [1.165, 1.54) is 16.3 Å². The quantitative estimate of drug-likeness (QED) is 0.145. The van der Waals surface area contributed by atoms with Gasteiger partial charge in [0.05, 0.1) is 22.4 Å². The number of nitrogens with zero attached hydrogens (tertiary/aromatic N) is 6. The lowest BCUT2D eigenvalue weighted by Gasteiger charge is -2.12. The molecule has 0 atom stereocenters. The Bertz CT molecular complexity index is 3700. The van der Waals surface area contributed by atoms with Crippen LogP contribution >= 0.6 is 0 Å². The van der Waals surface area contributed by atoms with Gasteiger partial charge in [-0.2, -0.15) is 0 Å². The molecule has 0 saturated heterocycles. The average molecular weight is 857 g/mol. The molecular weight excluding hydrogens is 817 g/mol. The fourth-order valence-corrected chi connectivity index (χ4v) is 8.91. The minimum Gasteiger partial charge on any atom is -0.309 e. The zero-order valence-corrected chi connectivity index (χ0v) is 36.3. The van der Waals surface area contributed by atoms with Crippen LogP contribution in [0.5, 0.6) is 0 Å². The van der Waals surface area contributed by atoms with Gasteiger partial charge in [-0.15, -0.1) is 0 Å². The molecule has 0 unspecified atom stereocenters. The van der Waals surface area contributed by atoms with Crippen LogP contribution in [-0.4, -0.2) is 29.5 Å². The fourth-order valence-electron chi connectivity index (χ4n) is 8.91. The molecule has 0 aliphatic rings. The second-order valence-electron chi connectivity index (χ2n) is 16.5. The highest BCUT2D eigenvalue weighted by Gasteiger charge is 2.17. The van der Waals surface area contributed by atoms with Crippen LogP contribution in [0, 0.1) is 0 Å². The molecule has 3 aromatic heterocycles. The summed E-state index contributed by atoms with van der Waals surface area (Å²) in [6, 6.07) is 84.0. The molecular formula is C61H40N6. The number of rotatable bonds is 9. The lowest BCUT2D eigenvalue weighted by molar-refractivity contribution is 1.07. The summed E-state index contributed by atoms with van der Waals surface area (Å²) in [6.07, 6.45) is 0. The Morgan fingerprint density at radius 2 is 0.627 bits per heavy atom. The van der Waals surface area contributed by atoms with Gasteiger partial charge in [0.25, 0.3) is 0 Å². The SMILES string of the molecule is c1ccc(-c2ccc(-c3nc(-c4ccccc4)nc(-c4cccc(-c5ccc(-c6cc(-c7ccc8c9ccccc9n(-c9ccccc9)c8c7)nc(-c7ccccc7)n6)cc5)c4)n3)cc2)cc1. The van der Waals surface area contributed by atoms with Crippen molar-refractivity contribution in [1.82, 2.24) is 29.5 Å². The molecule has 6 nitrogen and oxygen atoms in total. The monoisotopic (exact) mass is 856 g/mol. The molecule has 67 heavy (non-hydrogen) atoms. The summed E-state index contributed by atoms with van der Waals surface area (Å²) in [5, 5.41) is 2.41. The van der Waals surface area contributed by atoms with Crippen LogP contribution in [0.15, 0.2) is 243 Å². The van der Waals surface area contributed by atoms with E-state index in [1.54, 1.807) is 0 Å². The van der Waals surface area contributed by atoms with E-state index in [4.69, 9.17) is 24.9 Å². The maximum absolute atomic E-state index is 5.20. The lowest BCUT2D eigenvalue weighted by atomic mass is 9.99. The Balaban J connectivity index is 0.907. The first-order chi connectivity index (χ1) is 33.2. The molecule has 0 aliphatic heterocycles. The third kappa shape index (κ3) is 7.73. The van der Waals surface area contributed by atoms with Gasteiger partial charge in [0, 0.05) is 49.8 Å². The maximum Gasteiger partial charge on any atom is 0.164 e. The van der Waals surface area contributed by atoms with Crippen molar-refractivity contribution < 1.29 is 0 Å². The average Bonchev–Trinajstić information content (AvgIpc) is 3.75. The highest BCUT2D eigenvalue weighted by molar-refractivity contribution is 6.10. The molecule has 3 heterocycles. The number of hydrogen-bond acceptors (Lipinski definition) is 5. The predicted molar refractivity (Wildman–Crippen MR) is 273 cm³/mol. The zero-order valence-electron chi connectivity index (χ0n) is 36.3. The Labute approximate surface area is 388 Å². The Hall–Kier alpha value is -9.13. The molecule has 0 N–H and O–H groups in total. The molecule has 0 aliphatic carbocycles. The second kappa shape index (κ2) is 17.1. The van der Waals surface area contributed by atoms with Gasteiger partial charge in [-0.05, 0) is 58.7 Å². The Morgan fingerprint density at radius 3 is 1.27 bits per heavy atom. The van der Waals surface area contributed by atoms with Crippen LogP contribution in [0.2, 0.25) is 0 Å². The van der Waals surface area contributed by atoms with Crippen molar-refractivity contribution >= 4 is 21.8 Å². The summed E-state index contributed by atoms with van der Waals surface area (Å²) in [5.74, 6) is 2.53. The topological polar surface area (TPSA) is 69.4 Å². The highest BCUT2D eigenvalue weighted by Crippen LogP contribution is 2.37. The first-order valence-corrected chi connectivity index (χ1v) is 22.4. The van der Waals surface area contributed by atoms with Crippen LogP contribution in [0.4, 0.5) is 0 Å². The van der Waals surface area contributed by atoms with Gasteiger partial charge in [0.15, 0.2) is 23.3 Å². The van der Waals surface area contributed by atoms with Crippen LogP contribution in [0.25, 0.3) is 118 Å². The van der Waals surface area contributed by atoms with E-state index < -0.39 is 0 Å². The van der Waals surface area contributed by atoms with Gasteiger partial charge < -0.3 is 4.57 Å². The summed E-state index contributed by atoms with van der Waals surface area (Å²) in [7, 11) is 0. The number of aromatic nitrogens is 6. The van der Waals surface area contributed by atoms with Crippen molar-refractivity contribution in [3.05, 3.63) is 243 Å². The van der Waals surface area contributed by atoms with Gasteiger partial charge in [0.1, 0.15) is 0 Å². The third-order valence-corrected chi connectivity index (χ3v) is 12.3. The van der Waals surface area contributed by atoms with Crippen molar-refractivity contribution in [1.29, 1.82) is 0 Å². The summed E-state index contributed by atoms with van der Waals surface area (Å²) >= 11 is 0. The van der Waals surface area contributed by atoms with E-state index in [0.717, 1.165) is 78.2 Å². The van der Waals surface area contributed by atoms with E-state index >= 15 is 0 Å². The standard InChI is InChI=1S/C61H40N6/c1-5-16-41(17-6-1)42-30-34-47(35-31-42)60-64-59(46-20-9-3-10-21-46)65-61(66-60)50-23-15-22-48(38-50)43-28-32-44(33-29-43)54-40-55(63-58(62-54)45-18-7-2-8-19-45)49-36-37-53-52-26-13-14-27-56(52)67(57(53)39-49)51-24-11-4-12-25-51/h1-40H. The maximum atomic E-state index is 5.20. The van der Waals surface area contributed by atoms with E-state index in [0.29, 0.717) is 23.3 Å². The number of fused-ring (bicyclic) bond motifs is 3. The van der Waals surface area contributed by atoms with E-state index in [-0.39, 0.29) is 0 Å². The van der Waals surface area contributed by atoms with Gasteiger partial charge in [-0.3, -0.25) is 0 Å². The smallest absolute Gasteiger partial charge is 0.164 e. The molecule has 12 rings (SSSR count). The van der Waals surface area contributed by atoms with Crippen LogP contribution < -0.4 is 0 Å². The van der Waals surface area contributed by atoms with Crippen molar-refractivity contribution in [2.75, 3.05) is 0 Å². The largest absolute Gasteiger partial charge is 0.309 e. The van der Waals surface area contributed by atoms with Crippen molar-refractivity contribution in [3.63, 3.8) is 0 Å². The third-order valence-electron chi connectivity index (χ3n) is 12.3. The van der Waals surface area contributed by atoms with Crippen molar-refractivity contribution in [2.45, 2.75) is 0 Å². The molecule has 314 valence electrons. The summed E-state index contributed by atoms with van der Waals surface area (Å²) in [6.45, 7) is 0. The van der Waals surface area contributed by atoms with E-state index in [2.05, 4.69) is 193 Å². The summed E-state index contributed by atoms with van der Waals surface area (Å²) < 4.78 is 2.34. The first-order valence-electron chi connectivity index (χ1n) is 22.4. The molecule has 0 amide bonds. The first kappa shape index (κ1) is 39.5. The second-order valence-corrected chi connectivity index (χ2v) is 16.5. The number of hydrogen-bond donors (Lipinski definition) is 0. The normalized spacial score (nSPS) is 11.3. The minimum absolute atomic E-state index is 0.610. The highest BCUT2D eigenvalue weighted by atomic mass is 15.0. The van der Waals surface area contributed by atoms with Crippen LogP contribution in [-0.2, 0) is 0 Å². The minimum atomic E-state index is 0.610. The molecule has 0 radical (unpaired) electrons. The van der Waals surface area contributed by atoms with Gasteiger partial charge in [-0.25, -0.2) is 24.9 Å². The molecule has 6 heteroatoms. The Kier molecular flexibility index (Phi) is 10.1. The molecule has 0 saturated carbocycles. The van der Waals surface area contributed by atoms with Gasteiger partial charge in [0.2, 0.25) is 0 Å². The molecule has 0 spiro atoms. The summed E-state index contributed by atoms with van der Waals surface area (Å²) in [5.41, 5.74) is 15.2. The summed E-state index contributed by atoms with van der Waals surface area (Å²) in [4.78, 5) is 25.4. The van der Waals surface area contributed by atoms with Crippen molar-refractivity contribution in [2.24, 2.45) is 0 Å². The Morgan fingerprint density at radius 1 is 0.224 bits per heavy atom. The molecule has 12 aromatic rings.